The lowest BCUT2D eigenvalue weighted by Crippen LogP contribution is -2.27. The minimum absolute atomic E-state index is 0.0390. The number of rotatable bonds is 7. The maximum absolute atomic E-state index is 13.6. The van der Waals surface area contributed by atoms with Crippen LogP contribution in [0.15, 0.2) is 50.5 Å². The summed E-state index contributed by atoms with van der Waals surface area (Å²) in [4.78, 5) is 35.9. The summed E-state index contributed by atoms with van der Waals surface area (Å²) >= 11 is 0. The monoisotopic (exact) mass is 476 g/mol. The molecule has 0 radical (unpaired) electrons. The average Bonchev–Trinajstić information content (AvgIpc) is 3.41. The molecule has 2 heterocycles. The van der Waals surface area contributed by atoms with Crippen LogP contribution in [0.3, 0.4) is 0 Å². The molecule has 174 valence electrons. The van der Waals surface area contributed by atoms with Crippen LogP contribution in [0.25, 0.3) is 11.1 Å². The zero-order chi connectivity index (χ0) is 23.8. The fourth-order valence-electron chi connectivity index (χ4n) is 3.73. The number of carbonyl (C=O) groups excluding carboxylic acids is 2. The lowest BCUT2D eigenvalue weighted by Gasteiger charge is -2.15. The molecular weight excluding hydrogens is 455 g/mol. The van der Waals surface area contributed by atoms with E-state index in [9.17, 15) is 27.2 Å². The minimum Gasteiger partial charge on any atom is -0.408 e. The number of sulfonamides is 1. The number of benzene rings is 2. The number of aromatic nitrogens is 1. The van der Waals surface area contributed by atoms with E-state index in [4.69, 9.17) is 10.2 Å². The molecule has 0 spiro atoms. The summed E-state index contributed by atoms with van der Waals surface area (Å²) in [6.45, 7) is 0.866. The van der Waals surface area contributed by atoms with Crippen molar-refractivity contribution in [1.82, 2.24) is 8.87 Å². The number of aryl methyl sites for hydroxylation is 1. The molecule has 0 aliphatic carbocycles. The molecule has 0 saturated carbocycles. The molecule has 33 heavy (non-hydrogen) atoms. The molecule has 12 heteroatoms. The van der Waals surface area contributed by atoms with Crippen LogP contribution in [0, 0.1) is 5.82 Å². The lowest BCUT2D eigenvalue weighted by molar-refractivity contribution is -0.116. The fourth-order valence-corrected chi connectivity index (χ4v) is 5.26. The van der Waals surface area contributed by atoms with Crippen molar-refractivity contribution in [2.45, 2.75) is 30.7 Å². The molecule has 0 atom stereocenters. The van der Waals surface area contributed by atoms with Crippen LogP contribution in [-0.4, -0.2) is 42.2 Å². The second-order valence-electron chi connectivity index (χ2n) is 7.62. The van der Waals surface area contributed by atoms with E-state index in [0.29, 0.717) is 18.6 Å². The van der Waals surface area contributed by atoms with Gasteiger partial charge in [0.1, 0.15) is 5.82 Å². The van der Waals surface area contributed by atoms with Crippen molar-refractivity contribution in [2.75, 3.05) is 18.4 Å². The Kier molecular flexibility index (Phi) is 6.04. The first-order valence-corrected chi connectivity index (χ1v) is 11.6. The quantitative estimate of drug-likeness (QED) is 0.530. The molecule has 1 aliphatic rings. The van der Waals surface area contributed by atoms with E-state index in [0.717, 1.165) is 25.0 Å². The fraction of sp³-hybridized carbons (Fsp3) is 0.286. The molecule has 3 N–H and O–H groups in total. The summed E-state index contributed by atoms with van der Waals surface area (Å²) in [6, 6.07) is 7.60. The third-order valence-corrected chi connectivity index (χ3v) is 7.32. The highest BCUT2D eigenvalue weighted by Gasteiger charge is 2.28. The van der Waals surface area contributed by atoms with Gasteiger partial charge in [-0.25, -0.2) is 17.6 Å². The third kappa shape index (κ3) is 4.52. The zero-order valence-corrected chi connectivity index (χ0v) is 18.2. The summed E-state index contributed by atoms with van der Waals surface area (Å²) in [7, 11) is -3.67. The standard InChI is InChI=1S/C21H21FN4O6S/c22-16-5-3-13(11-15(16)20(23)28)24-19(27)7-10-26-17-6-4-14(12-18(17)32-21(26)29)33(30,31)25-8-1-2-9-25/h3-6,11-12H,1-2,7-10H2,(H2,23,28)(H,24,27). The predicted octanol–water partition coefficient (Wildman–Crippen LogP) is 1.65. The topological polar surface area (TPSA) is 145 Å². The number of amides is 2. The van der Waals surface area contributed by atoms with Crippen LogP contribution in [0.2, 0.25) is 0 Å². The molecule has 1 saturated heterocycles. The molecule has 0 unspecified atom stereocenters. The van der Waals surface area contributed by atoms with E-state index in [-0.39, 0.29) is 34.7 Å². The van der Waals surface area contributed by atoms with Gasteiger partial charge >= 0.3 is 5.76 Å². The number of hydrogen-bond donors (Lipinski definition) is 2. The summed E-state index contributed by atoms with van der Waals surface area (Å²) < 4.78 is 46.9. The van der Waals surface area contributed by atoms with Gasteiger partial charge in [0.15, 0.2) is 5.58 Å². The summed E-state index contributed by atoms with van der Waals surface area (Å²) in [5.41, 5.74) is 5.37. The Bertz CT molecular complexity index is 1410. The zero-order valence-electron chi connectivity index (χ0n) is 17.4. The Morgan fingerprint density at radius 3 is 2.55 bits per heavy atom. The van der Waals surface area contributed by atoms with Crippen molar-refractivity contribution in [1.29, 1.82) is 0 Å². The number of nitrogens with one attached hydrogen (secondary N) is 1. The van der Waals surface area contributed by atoms with Crippen LogP contribution < -0.4 is 16.8 Å². The van der Waals surface area contributed by atoms with E-state index in [2.05, 4.69) is 5.32 Å². The number of nitrogens with zero attached hydrogens (tertiary/aromatic N) is 2. The molecule has 2 aromatic carbocycles. The van der Waals surface area contributed by atoms with E-state index in [1.807, 2.05) is 0 Å². The first kappa shape index (κ1) is 22.7. The number of fused-ring (bicyclic) bond motifs is 1. The molecule has 2 amide bonds. The molecular formula is C21H21FN4O6S. The van der Waals surface area contributed by atoms with Gasteiger partial charge in [-0.05, 0) is 43.2 Å². The van der Waals surface area contributed by atoms with Crippen LogP contribution in [0.1, 0.15) is 29.6 Å². The number of nitrogens with two attached hydrogens (primary N) is 1. The molecule has 1 aromatic heterocycles. The smallest absolute Gasteiger partial charge is 0.408 e. The highest BCUT2D eigenvalue weighted by molar-refractivity contribution is 7.89. The van der Waals surface area contributed by atoms with E-state index in [1.165, 1.54) is 33.1 Å². The van der Waals surface area contributed by atoms with Crippen molar-refractivity contribution >= 4 is 38.6 Å². The molecule has 4 rings (SSSR count). The van der Waals surface area contributed by atoms with Crippen LogP contribution in [0.4, 0.5) is 10.1 Å². The Morgan fingerprint density at radius 2 is 1.85 bits per heavy atom. The molecule has 3 aromatic rings. The Labute approximate surface area is 187 Å². The van der Waals surface area contributed by atoms with Crippen molar-refractivity contribution in [2.24, 2.45) is 5.73 Å². The lowest BCUT2D eigenvalue weighted by atomic mass is 10.1. The van der Waals surface area contributed by atoms with Gasteiger partial charge in [0.05, 0.1) is 16.0 Å². The number of oxazole rings is 1. The van der Waals surface area contributed by atoms with E-state index < -0.39 is 33.4 Å². The first-order chi connectivity index (χ1) is 15.7. The Morgan fingerprint density at radius 1 is 1.12 bits per heavy atom. The molecule has 0 bridgehead atoms. The van der Waals surface area contributed by atoms with Crippen molar-refractivity contribution in [3.8, 4) is 0 Å². The SMILES string of the molecule is NC(=O)c1cc(NC(=O)CCn2c(=O)oc3cc(S(=O)(=O)N4CCCC4)ccc32)ccc1F. The van der Waals surface area contributed by atoms with Gasteiger partial charge in [0.2, 0.25) is 15.9 Å². The second-order valence-corrected chi connectivity index (χ2v) is 9.56. The number of anilines is 1. The van der Waals surface area contributed by atoms with Crippen molar-refractivity contribution < 1.29 is 26.8 Å². The average molecular weight is 476 g/mol. The maximum atomic E-state index is 13.6. The molecule has 10 nitrogen and oxygen atoms in total. The van der Waals surface area contributed by atoms with Gasteiger partial charge in [-0.3, -0.25) is 14.2 Å². The van der Waals surface area contributed by atoms with Gasteiger partial charge in [0, 0.05) is 37.8 Å². The van der Waals surface area contributed by atoms with Crippen molar-refractivity contribution in [3.63, 3.8) is 0 Å². The van der Waals surface area contributed by atoms with E-state index in [1.54, 1.807) is 0 Å². The van der Waals surface area contributed by atoms with Crippen LogP contribution >= 0.6 is 0 Å². The maximum Gasteiger partial charge on any atom is 0.419 e. The number of hydrogen-bond acceptors (Lipinski definition) is 6. The molecule has 1 fully saturated rings. The second kappa shape index (κ2) is 8.79. The Hall–Kier alpha value is -3.51. The Balaban J connectivity index is 1.49. The number of halogens is 1. The highest BCUT2D eigenvalue weighted by atomic mass is 32.2. The normalized spacial score (nSPS) is 14.6. The predicted molar refractivity (Wildman–Crippen MR) is 117 cm³/mol. The van der Waals surface area contributed by atoms with Gasteiger partial charge in [-0.2, -0.15) is 4.31 Å². The van der Waals surface area contributed by atoms with Gasteiger partial charge in [0.25, 0.3) is 5.91 Å². The minimum atomic E-state index is -3.67. The van der Waals surface area contributed by atoms with Gasteiger partial charge in [-0.1, -0.05) is 0 Å². The van der Waals surface area contributed by atoms with E-state index >= 15 is 0 Å². The molecule has 1 aliphatic heterocycles. The van der Waals surface area contributed by atoms with Crippen LogP contribution in [-0.2, 0) is 21.4 Å². The van der Waals surface area contributed by atoms with Crippen molar-refractivity contribution in [3.05, 3.63) is 58.3 Å². The third-order valence-electron chi connectivity index (χ3n) is 5.42. The summed E-state index contributed by atoms with van der Waals surface area (Å²) in [5, 5.41) is 2.51. The van der Waals surface area contributed by atoms with Gasteiger partial charge < -0.3 is 15.5 Å². The summed E-state index contributed by atoms with van der Waals surface area (Å²) in [5.74, 6) is -2.99. The summed E-state index contributed by atoms with van der Waals surface area (Å²) in [6.07, 6.45) is 1.47. The first-order valence-electron chi connectivity index (χ1n) is 10.2. The largest absolute Gasteiger partial charge is 0.419 e. The van der Waals surface area contributed by atoms with Crippen LogP contribution in [0.5, 0.6) is 0 Å². The number of primary amides is 1. The highest BCUT2D eigenvalue weighted by Crippen LogP contribution is 2.24. The van der Waals surface area contributed by atoms with Gasteiger partial charge in [-0.15, -0.1) is 0 Å². The number of carbonyl (C=O) groups is 2.